The van der Waals surface area contributed by atoms with E-state index in [1.807, 2.05) is 25.1 Å². The fourth-order valence-corrected chi connectivity index (χ4v) is 6.41. The molecule has 1 N–H and O–H groups in total. The van der Waals surface area contributed by atoms with Crippen LogP contribution >= 0.6 is 11.6 Å². The second-order valence-electron chi connectivity index (χ2n) is 8.64. The third kappa shape index (κ3) is 1.96. The third-order valence-electron chi connectivity index (χ3n) is 7.24. The number of rotatable bonds is 1. The Bertz CT molecular complexity index is 1150. The number of fused-ring (bicyclic) bond motifs is 7. The molecule has 0 radical (unpaired) electrons. The Labute approximate surface area is 178 Å². The lowest BCUT2D eigenvalue weighted by Gasteiger charge is -2.36. The maximum absolute atomic E-state index is 13.8. The summed E-state index contributed by atoms with van der Waals surface area (Å²) >= 11 is 6.35. The molecule has 4 heterocycles. The number of carbonyl (C=O) groups excluding carboxylic acids is 3. The highest BCUT2D eigenvalue weighted by atomic mass is 35.5. The van der Waals surface area contributed by atoms with Crippen LogP contribution in [-0.2, 0) is 19.9 Å². The Balaban J connectivity index is 1.58. The number of nitrogens with zero attached hydrogens (tertiary/aromatic N) is 2. The monoisotopic (exact) mass is 421 g/mol. The first kappa shape index (κ1) is 18.1. The molecule has 30 heavy (non-hydrogen) atoms. The Morgan fingerprint density at radius 3 is 2.70 bits per heavy atom. The first-order valence-electron chi connectivity index (χ1n) is 10.3. The number of carbonyl (C=O) groups is 3. The molecule has 0 aromatic heterocycles. The van der Waals surface area contributed by atoms with E-state index < -0.39 is 17.4 Å². The summed E-state index contributed by atoms with van der Waals surface area (Å²) in [4.78, 5) is 44.3. The Hall–Kier alpha value is -2.70. The van der Waals surface area contributed by atoms with Crippen LogP contribution in [0.15, 0.2) is 42.5 Å². The zero-order valence-corrected chi connectivity index (χ0v) is 17.1. The maximum atomic E-state index is 13.8. The van der Waals surface area contributed by atoms with Gasteiger partial charge in [-0.25, -0.2) is 4.90 Å². The fourth-order valence-electron chi connectivity index (χ4n) is 6.19. The second-order valence-corrected chi connectivity index (χ2v) is 9.05. The van der Waals surface area contributed by atoms with Crippen molar-refractivity contribution in [3.8, 4) is 0 Å². The van der Waals surface area contributed by atoms with Crippen molar-refractivity contribution in [2.45, 2.75) is 31.3 Å². The molecule has 0 bridgehead atoms. The topological polar surface area (TPSA) is 69.7 Å². The lowest BCUT2D eigenvalue weighted by molar-refractivity contribution is -0.135. The molecule has 4 aliphatic rings. The van der Waals surface area contributed by atoms with E-state index in [1.165, 1.54) is 4.90 Å². The molecule has 1 spiro atoms. The van der Waals surface area contributed by atoms with Gasteiger partial charge in [0.25, 0.3) is 0 Å². The number of anilines is 2. The van der Waals surface area contributed by atoms with E-state index in [0.717, 1.165) is 29.7 Å². The maximum Gasteiger partial charge on any atom is 0.250 e. The third-order valence-corrected chi connectivity index (χ3v) is 7.56. The van der Waals surface area contributed by atoms with Gasteiger partial charge >= 0.3 is 0 Å². The highest BCUT2D eigenvalue weighted by molar-refractivity contribution is 6.36. The first-order chi connectivity index (χ1) is 14.5. The number of para-hydroxylation sites is 1. The van der Waals surface area contributed by atoms with E-state index >= 15 is 0 Å². The minimum absolute atomic E-state index is 0.129. The van der Waals surface area contributed by atoms with Crippen LogP contribution in [0.2, 0.25) is 5.02 Å². The number of nitrogens with one attached hydrogen (secondary N) is 1. The predicted molar refractivity (Wildman–Crippen MR) is 112 cm³/mol. The number of amides is 3. The quantitative estimate of drug-likeness (QED) is 0.718. The molecule has 6 nitrogen and oxygen atoms in total. The summed E-state index contributed by atoms with van der Waals surface area (Å²) in [6, 6.07) is 12.6. The van der Waals surface area contributed by atoms with Crippen molar-refractivity contribution < 1.29 is 14.4 Å². The van der Waals surface area contributed by atoms with Gasteiger partial charge in [0.2, 0.25) is 17.7 Å². The van der Waals surface area contributed by atoms with E-state index in [2.05, 4.69) is 10.2 Å². The number of halogens is 1. The lowest BCUT2D eigenvalue weighted by Crippen LogP contribution is -2.54. The van der Waals surface area contributed by atoms with E-state index in [9.17, 15) is 14.4 Å². The van der Waals surface area contributed by atoms with Gasteiger partial charge in [-0.1, -0.05) is 41.4 Å². The van der Waals surface area contributed by atoms with Crippen LogP contribution in [0, 0.1) is 18.8 Å². The number of benzene rings is 2. The first-order valence-corrected chi connectivity index (χ1v) is 10.7. The Morgan fingerprint density at radius 1 is 1.10 bits per heavy atom. The molecule has 0 saturated carbocycles. The van der Waals surface area contributed by atoms with Crippen LogP contribution in [0.1, 0.15) is 24.0 Å². The Kier molecular flexibility index (Phi) is 3.58. The molecule has 2 aromatic rings. The standard InChI is InChI=1S/C23H20ClN3O3/c1-12-8-9-15-13(11-12)23(22(30)25-15)19-18(17-7-4-10-26(17)23)20(28)27(21(19)29)16-6-3-2-5-14(16)24/h2-3,5-6,8-9,11,17-19H,4,7,10H2,1H3,(H,25,30)/t17-,18+,19-,23+/m0/s1. The SMILES string of the molecule is Cc1ccc2c(c1)[C@]1(C(=O)N2)[C@@H]2C(=O)N(c3ccccc3Cl)C(=O)[C@@H]2[C@@H]2CCCN21. The molecule has 6 rings (SSSR count). The average Bonchev–Trinajstić information content (AvgIpc) is 3.42. The summed E-state index contributed by atoms with van der Waals surface area (Å²) in [5.41, 5.74) is 1.81. The van der Waals surface area contributed by atoms with Gasteiger partial charge < -0.3 is 5.32 Å². The van der Waals surface area contributed by atoms with E-state index in [4.69, 9.17) is 11.6 Å². The molecule has 4 aliphatic heterocycles. The number of hydrogen-bond donors (Lipinski definition) is 1. The van der Waals surface area contributed by atoms with E-state index in [1.54, 1.807) is 24.3 Å². The second kappa shape index (κ2) is 5.93. The zero-order valence-electron chi connectivity index (χ0n) is 16.4. The molecule has 3 saturated heterocycles. The molecule has 7 heteroatoms. The Morgan fingerprint density at radius 2 is 1.90 bits per heavy atom. The number of aryl methyl sites for hydroxylation is 1. The molecule has 4 atom stereocenters. The van der Waals surface area contributed by atoms with Gasteiger partial charge in [0.05, 0.1) is 22.5 Å². The molecule has 0 unspecified atom stereocenters. The van der Waals surface area contributed by atoms with Gasteiger partial charge in [-0.2, -0.15) is 0 Å². The molecular weight excluding hydrogens is 402 g/mol. The average molecular weight is 422 g/mol. The van der Waals surface area contributed by atoms with Gasteiger partial charge in [0, 0.05) is 17.3 Å². The summed E-state index contributed by atoms with van der Waals surface area (Å²) in [6.07, 6.45) is 1.70. The van der Waals surface area contributed by atoms with Crippen LogP contribution < -0.4 is 10.2 Å². The van der Waals surface area contributed by atoms with Gasteiger partial charge in [-0.3, -0.25) is 19.3 Å². The van der Waals surface area contributed by atoms with Gasteiger partial charge in [0.15, 0.2) is 0 Å². The minimum Gasteiger partial charge on any atom is -0.324 e. The highest BCUT2D eigenvalue weighted by Crippen LogP contribution is 2.60. The van der Waals surface area contributed by atoms with Crippen LogP contribution in [0.3, 0.4) is 0 Å². The van der Waals surface area contributed by atoms with Crippen molar-refractivity contribution in [3.05, 3.63) is 58.6 Å². The highest BCUT2D eigenvalue weighted by Gasteiger charge is 2.74. The van der Waals surface area contributed by atoms with Crippen molar-refractivity contribution in [1.82, 2.24) is 4.90 Å². The summed E-state index contributed by atoms with van der Waals surface area (Å²) in [5.74, 6) is -2.09. The van der Waals surface area contributed by atoms with Crippen LogP contribution in [-0.4, -0.2) is 35.2 Å². The summed E-state index contributed by atoms with van der Waals surface area (Å²) in [7, 11) is 0. The van der Waals surface area contributed by atoms with Crippen LogP contribution in [0.25, 0.3) is 0 Å². The smallest absolute Gasteiger partial charge is 0.250 e. The van der Waals surface area contributed by atoms with E-state index in [0.29, 0.717) is 17.3 Å². The van der Waals surface area contributed by atoms with Gasteiger partial charge in [-0.05, 0) is 44.5 Å². The molecule has 0 aliphatic carbocycles. The predicted octanol–water partition coefficient (Wildman–Crippen LogP) is 3.08. The molecule has 3 amide bonds. The number of hydrogen-bond acceptors (Lipinski definition) is 4. The molecule has 152 valence electrons. The normalized spacial score (nSPS) is 32.0. The van der Waals surface area contributed by atoms with Crippen molar-refractivity contribution in [3.63, 3.8) is 0 Å². The van der Waals surface area contributed by atoms with Gasteiger partial charge in [-0.15, -0.1) is 0 Å². The number of imide groups is 1. The fraction of sp³-hybridized carbons (Fsp3) is 0.348. The lowest BCUT2D eigenvalue weighted by atomic mass is 9.75. The minimum atomic E-state index is -1.14. The zero-order chi connectivity index (χ0) is 20.8. The summed E-state index contributed by atoms with van der Waals surface area (Å²) in [5, 5.41) is 3.35. The molecule has 3 fully saturated rings. The van der Waals surface area contributed by atoms with Gasteiger partial charge in [0.1, 0.15) is 5.54 Å². The van der Waals surface area contributed by atoms with Crippen molar-refractivity contribution >= 4 is 40.7 Å². The molecule has 2 aromatic carbocycles. The van der Waals surface area contributed by atoms with Crippen molar-refractivity contribution in [2.24, 2.45) is 11.8 Å². The van der Waals surface area contributed by atoms with Crippen LogP contribution in [0.5, 0.6) is 0 Å². The summed E-state index contributed by atoms with van der Waals surface area (Å²) < 4.78 is 0. The van der Waals surface area contributed by atoms with Crippen molar-refractivity contribution in [1.29, 1.82) is 0 Å². The van der Waals surface area contributed by atoms with Crippen LogP contribution in [0.4, 0.5) is 11.4 Å². The summed E-state index contributed by atoms with van der Waals surface area (Å²) in [6.45, 7) is 2.67. The molecular formula is C23H20ClN3O3. The van der Waals surface area contributed by atoms with E-state index in [-0.39, 0.29) is 23.8 Å². The largest absolute Gasteiger partial charge is 0.324 e. The van der Waals surface area contributed by atoms with Crippen molar-refractivity contribution in [2.75, 3.05) is 16.8 Å².